The van der Waals surface area contributed by atoms with E-state index < -0.39 is 10.0 Å². The Hall–Kier alpha value is -3.35. The lowest BCUT2D eigenvalue weighted by Crippen LogP contribution is -2.49. The number of likely N-dealkylation sites (N-methyl/N-ethyl adjacent to an activating group) is 1. The van der Waals surface area contributed by atoms with Gasteiger partial charge in [-0.3, -0.25) is 14.4 Å². The second-order valence-corrected chi connectivity index (χ2v) is 11.5. The molecule has 2 aromatic carbocycles. The third-order valence-electron chi connectivity index (χ3n) is 6.05. The number of carbonyl (C=O) groups is 3. The summed E-state index contributed by atoms with van der Waals surface area (Å²) in [5, 5.41) is 10.9. The number of benzene rings is 2. The highest BCUT2D eigenvalue weighted by Crippen LogP contribution is 2.11. The Labute approximate surface area is 236 Å². The van der Waals surface area contributed by atoms with Crippen molar-refractivity contribution >= 4 is 27.7 Å². The molecule has 0 aromatic heterocycles. The zero-order valence-corrected chi connectivity index (χ0v) is 24.2. The van der Waals surface area contributed by atoms with Crippen molar-refractivity contribution in [3.05, 3.63) is 65.5 Å². The summed E-state index contributed by atoms with van der Waals surface area (Å²) in [7, 11) is -3.82. The smallest absolute Gasteiger partial charge is 0.242 e. The normalized spacial score (nSPS) is 11.3. The summed E-state index contributed by atoms with van der Waals surface area (Å²) in [5.41, 5.74) is 1.31. The third kappa shape index (κ3) is 11.4. The Morgan fingerprint density at radius 3 is 2.23 bits per heavy atom. The first-order chi connectivity index (χ1) is 18.9. The maximum absolute atomic E-state index is 13.8. The van der Waals surface area contributed by atoms with Gasteiger partial charge in [0.15, 0.2) is 0 Å². The van der Waals surface area contributed by atoms with E-state index in [1.807, 2.05) is 13.8 Å². The van der Waals surface area contributed by atoms with Gasteiger partial charge in [0.1, 0.15) is 5.82 Å². The van der Waals surface area contributed by atoms with E-state index in [9.17, 15) is 27.2 Å². The fourth-order valence-corrected chi connectivity index (χ4v) is 4.53. The van der Waals surface area contributed by atoms with Gasteiger partial charge in [0.2, 0.25) is 27.7 Å². The number of carbonyl (C=O) groups excluding carboxylic acids is 3. The number of nitrogens with two attached hydrogens (primary N) is 1. The van der Waals surface area contributed by atoms with Crippen LogP contribution in [-0.4, -0.2) is 81.8 Å². The SMILES string of the molecule is CCNC(=O)CN(CCc1ccc(S(N)(=O)=O)cc1)C(=O)CN(CC(C)C)C(=O)CNCCc1ccccc1F. The molecule has 3 amide bonds. The van der Waals surface area contributed by atoms with Crippen molar-refractivity contribution < 1.29 is 27.2 Å². The zero-order valence-electron chi connectivity index (χ0n) is 23.4. The van der Waals surface area contributed by atoms with Gasteiger partial charge in [0.25, 0.3) is 0 Å². The molecule has 0 aliphatic heterocycles. The number of hydrogen-bond acceptors (Lipinski definition) is 6. The predicted molar refractivity (Wildman–Crippen MR) is 151 cm³/mol. The number of nitrogens with one attached hydrogen (secondary N) is 2. The Balaban J connectivity index is 2.04. The number of halogens is 1. The van der Waals surface area contributed by atoms with Gasteiger partial charge in [0.05, 0.1) is 24.5 Å². The molecule has 10 nitrogen and oxygen atoms in total. The fraction of sp³-hybridized carbons (Fsp3) is 0.464. The zero-order chi connectivity index (χ0) is 29.7. The van der Waals surface area contributed by atoms with Crippen LogP contribution in [0.4, 0.5) is 4.39 Å². The topological polar surface area (TPSA) is 142 Å². The van der Waals surface area contributed by atoms with Crippen molar-refractivity contribution in [3.63, 3.8) is 0 Å². The summed E-state index contributed by atoms with van der Waals surface area (Å²) in [6, 6.07) is 12.5. The molecule has 2 rings (SSSR count). The molecule has 0 aliphatic carbocycles. The third-order valence-corrected chi connectivity index (χ3v) is 6.98. The Morgan fingerprint density at radius 2 is 1.62 bits per heavy atom. The first kappa shape index (κ1) is 32.9. The molecule has 0 radical (unpaired) electrons. The molecule has 0 atom stereocenters. The van der Waals surface area contributed by atoms with Crippen molar-refractivity contribution in [2.75, 3.05) is 45.8 Å². The van der Waals surface area contributed by atoms with Crippen LogP contribution >= 0.6 is 0 Å². The monoisotopic (exact) mass is 577 g/mol. The van der Waals surface area contributed by atoms with E-state index in [2.05, 4.69) is 10.6 Å². The molecule has 0 spiro atoms. The Bertz CT molecular complexity index is 1240. The lowest BCUT2D eigenvalue weighted by atomic mass is 10.1. The first-order valence-electron chi connectivity index (χ1n) is 13.3. The molecular weight excluding hydrogens is 537 g/mol. The number of nitrogens with zero attached hydrogens (tertiary/aromatic N) is 2. The molecule has 0 aliphatic rings. The molecule has 40 heavy (non-hydrogen) atoms. The molecular formula is C28H40FN5O5S. The van der Waals surface area contributed by atoms with E-state index in [1.165, 1.54) is 28.0 Å². The van der Waals surface area contributed by atoms with Gasteiger partial charge in [-0.15, -0.1) is 0 Å². The van der Waals surface area contributed by atoms with Crippen LogP contribution in [0.3, 0.4) is 0 Å². The molecule has 0 unspecified atom stereocenters. The van der Waals surface area contributed by atoms with Crippen LogP contribution in [0, 0.1) is 11.7 Å². The molecule has 4 N–H and O–H groups in total. The van der Waals surface area contributed by atoms with Gasteiger partial charge in [-0.2, -0.15) is 0 Å². The number of primary sulfonamides is 1. The maximum atomic E-state index is 13.8. The summed E-state index contributed by atoms with van der Waals surface area (Å²) >= 11 is 0. The van der Waals surface area contributed by atoms with Crippen LogP contribution in [0.1, 0.15) is 31.9 Å². The second-order valence-electron chi connectivity index (χ2n) is 9.89. The van der Waals surface area contributed by atoms with Crippen LogP contribution in [0.15, 0.2) is 53.4 Å². The van der Waals surface area contributed by atoms with Crippen molar-refractivity contribution in [2.45, 2.75) is 38.5 Å². The Kier molecular flexibility index (Phi) is 13.2. The summed E-state index contributed by atoms with van der Waals surface area (Å²) in [4.78, 5) is 41.5. The lowest BCUT2D eigenvalue weighted by molar-refractivity contribution is -0.142. The van der Waals surface area contributed by atoms with Gasteiger partial charge in [-0.05, 0) is 61.6 Å². The molecule has 0 bridgehead atoms. The van der Waals surface area contributed by atoms with Crippen LogP contribution < -0.4 is 15.8 Å². The number of sulfonamides is 1. The molecule has 0 saturated heterocycles. The summed E-state index contributed by atoms with van der Waals surface area (Å²) in [6.07, 6.45) is 0.785. The molecule has 0 fully saturated rings. The average Bonchev–Trinajstić information content (AvgIpc) is 2.89. The van der Waals surface area contributed by atoms with Crippen LogP contribution in [0.25, 0.3) is 0 Å². The largest absolute Gasteiger partial charge is 0.355 e. The van der Waals surface area contributed by atoms with E-state index in [1.54, 1.807) is 37.3 Å². The second kappa shape index (κ2) is 16.0. The minimum Gasteiger partial charge on any atom is -0.355 e. The standard InChI is InChI=1S/C28H40FN5O5S/c1-4-32-26(35)19-33(16-14-22-9-11-24(12-10-22)40(30,38)39)28(37)20-34(18-21(2)3)27(36)17-31-15-13-23-7-5-6-8-25(23)29/h5-12,21,31H,4,13-20H2,1-3H3,(H,32,35)(H2,30,38,39). The number of hydrogen-bond donors (Lipinski definition) is 3. The molecule has 0 saturated carbocycles. The van der Waals surface area contributed by atoms with Crippen molar-refractivity contribution in [2.24, 2.45) is 11.1 Å². The molecule has 0 heterocycles. The molecule has 2 aromatic rings. The van der Waals surface area contributed by atoms with E-state index in [-0.39, 0.29) is 60.5 Å². The quantitative estimate of drug-likeness (QED) is 0.257. The summed E-state index contributed by atoms with van der Waals surface area (Å²) in [6.45, 7) is 6.61. The predicted octanol–water partition coefficient (Wildman–Crippen LogP) is 1.30. The van der Waals surface area contributed by atoms with Gasteiger partial charge in [-0.1, -0.05) is 44.2 Å². The summed E-state index contributed by atoms with van der Waals surface area (Å²) < 4.78 is 36.9. The van der Waals surface area contributed by atoms with Crippen molar-refractivity contribution in [3.8, 4) is 0 Å². The van der Waals surface area contributed by atoms with E-state index in [0.29, 0.717) is 38.0 Å². The highest BCUT2D eigenvalue weighted by Gasteiger charge is 2.23. The Morgan fingerprint density at radius 1 is 0.950 bits per heavy atom. The fourth-order valence-electron chi connectivity index (χ4n) is 4.02. The average molecular weight is 578 g/mol. The van der Waals surface area contributed by atoms with E-state index >= 15 is 0 Å². The van der Waals surface area contributed by atoms with Crippen molar-refractivity contribution in [1.82, 2.24) is 20.4 Å². The van der Waals surface area contributed by atoms with Crippen LogP contribution in [0.2, 0.25) is 0 Å². The van der Waals surface area contributed by atoms with E-state index in [0.717, 1.165) is 5.56 Å². The minimum atomic E-state index is -3.82. The van der Waals surface area contributed by atoms with Crippen LogP contribution in [0.5, 0.6) is 0 Å². The summed E-state index contributed by atoms with van der Waals surface area (Å²) in [5.74, 6) is -1.17. The highest BCUT2D eigenvalue weighted by molar-refractivity contribution is 7.89. The van der Waals surface area contributed by atoms with Gasteiger partial charge in [0, 0.05) is 19.6 Å². The number of amides is 3. The number of rotatable bonds is 16. The van der Waals surface area contributed by atoms with Crippen LogP contribution in [-0.2, 0) is 37.2 Å². The van der Waals surface area contributed by atoms with Gasteiger partial charge >= 0.3 is 0 Å². The van der Waals surface area contributed by atoms with Gasteiger partial charge in [-0.25, -0.2) is 17.9 Å². The molecule has 12 heteroatoms. The molecule has 220 valence electrons. The van der Waals surface area contributed by atoms with E-state index in [4.69, 9.17) is 5.14 Å². The van der Waals surface area contributed by atoms with Crippen molar-refractivity contribution in [1.29, 1.82) is 0 Å². The first-order valence-corrected chi connectivity index (χ1v) is 14.8. The lowest BCUT2D eigenvalue weighted by Gasteiger charge is -2.28. The maximum Gasteiger partial charge on any atom is 0.242 e. The highest BCUT2D eigenvalue weighted by atomic mass is 32.2. The minimum absolute atomic E-state index is 0.0127. The van der Waals surface area contributed by atoms with Gasteiger partial charge < -0.3 is 20.4 Å².